The van der Waals surface area contributed by atoms with Gasteiger partial charge in [-0.1, -0.05) is 12.1 Å². The van der Waals surface area contributed by atoms with Crippen molar-refractivity contribution in [3.63, 3.8) is 0 Å². The van der Waals surface area contributed by atoms with E-state index in [0.29, 0.717) is 6.54 Å². The molecule has 1 aromatic carbocycles. The third-order valence-corrected chi connectivity index (χ3v) is 5.34. The molecule has 0 radical (unpaired) electrons. The topological polar surface area (TPSA) is 64.3 Å². The van der Waals surface area contributed by atoms with Gasteiger partial charge in [0.15, 0.2) is 0 Å². The molecule has 1 saturated carbocycles. The van der Waals surface area contributed by atoms with Gasteiger partial charge >= 0.3 is 6.09 Å². The summed E-state index contributed by atoms with van der Waals surface area (Å²) in [6.45, 7) is 6.21. The highest BCUT2D eigenvalue weighted by molar-refractivity contribution is 7.99. The van der Waals surface area contributed by atoms with E-state index in [1.54, 1.807) is 0 Å². The van der Waals surface area contributed by atoms with Gasteiger partial charge in [-0.2, -0.15) is 0 Å². The standard InChI is InChI=1S/C20H32N2O2S/c1-20(2,3)24-19(23)22-13-5-4-6-18(21)16-9-11-17(12-10-16)25-14-15-7-8-15/h9-12,15,18H,4-8,13-14,21H2,1-3H3,(H,22,23). The van der Waals surface area contributed by atoms with Crippen LogP contribution in [0, 0.1) is 5.92 Å². The predicted octanol–water partition coefficient (Wildman–Crippen LogP) is 4.88. The number of amides is 1. The number of carbonyl (C=O) groups excluding carboxylic acids is 1. The largest absolute Gasteiger partial charge is 0.444 e. The molecule has 3 N–H and O–H groups in total. The number of thioether (sulfide) groups is 1. The molecule has 0 aromatic heterocycles. The van der Waals surface area contributed by atoms with Crippen LogP contribution in [0.25, 0.3) is 0 Å². The highest BCUT2D eigenvalue weighted by Gasteiger charge is 2.21. The van der Waals surface area contributed by atoms with Crippen LogP contribution in [0.2, 0.25) is 0 Å². The van der Waals surface area contributed by atoms with Gasteiger partial charge in [0, 0.05) is 23.2 Å². The highest BCUT2D eigenvalue weighted by atomic mass is 32.2. The Hall–Kier alpha value is -1.20. The van der Waals surface area contributed by atoms with E-state index in [1.165, 1.54) is 29.1 Å². The minimum absolute atomic E-state index is 0.0593. The van der Waals surface area contributed by atoms with Crippen molar-refractivity contribution < 1.29 is 9.53 Å². The van der Waals surface area contributed by atoms with E-state index in [4.69, 9.17) is 10.5 Å². The van der Waals surface area contributed by atoms with Gasteiger partial charge in [0.2, 0.25) is 0 Å². The fraction of sp³-hybridized carbons (Fsp3) is 0.650. The van der Waals surface area contributed by atoms with Crippen LogP contribution < -0.4 is 11.1 Å². The lowest BCUT2D eigenvalue weighted by molar-refractivity contribution is 0.0527. The summed E-state index contributed by atoms with van der Waals surface area (Å²) < 4.78 is 5.21. The summed E-state index contributed by atoms with van der Waals surface area (Å²) in [5.41, 5.74) is 7.03. The third-order valence-electron chi connectivity index (χ3n) is 4.10. The van der Waals surface area contributed by atoms with E-state index in [9.17, 15) is 4.79 Å². The maximum absolute atomic E-state index is 11.5. The molecule has 0 bridgehead atoms. The molecule has 1 aliphatic rings. The second-order valence-corrected chi connectivity index (χ2v) is 8.95. The number of nitrogens with two attached hydrogens (primary N) is 1. The zero-order valence-corrected chi connectivity index (χ0v) is 16.5. The Morgan fingerprint density at radius 1 is 1.28 bits per heavy atom. The van der Waals surface area contributed by atoms with Crippen LogP contribution in [0.15, 0.2) is 29.2 Å². The lowest BCUT2D eigenvalue weighted by Gasteiger charge is -2.19. The average Bonchev–Trinajstić information content (AvgIpc) is 3.35. The molecule has 1 aromatic rings. The highest BCUT2D eigenvalue weighted by Crippen LogP contribution is 2.35. The monoisotopic (exact) mass is 364 g/mol. The van der Waals surface area contributed by atoms with E-state index in [2.05, 4.69) is 29.6 Å². The Bertz CT molecular complexity index is 536. The van der Waals surface area contributed by atoms with Gasteiger partial charge in [-0.25, -0.2) is 4.79 Å². The second kappa shape index (κ2) is 9.48. The van der Waals surface area contributed by atoms with E-state index in [0.717, 1.165) is 25.2 Å². The molecule has 1 fully saturated rings. The molecule has 25 heavy (non-hydrogen) atoms. The lowest BCUT2D eigenvalue weighted by Crippen LogP contribution is -2.33. The molecule has 0 heterocycles. The Morgan fingerprint density at radius 2 is 1.96 bits per heavy atom. The Balaban J connectivity index is 1.59. The fourth-order valence-electron chi connectivity index (χ4n) is 2.47. The molecule has 0 spiro atoms. The normalized spacial score (nSPS) is 15.7. The zero-order valence-electron chi connectivity index (χ0n) is 15.7. The molecule has 0 saturated heterocycles. The molecule has 2 rings (SSSR count). The summed E-state index contributed by atoms with van der Waals surface area (Å²) in [6.07, 6.45) is 5.26. The van der Waals surface area contributed by atoms with Gasteiger partial charge in [-0.15, -0.1) is 11.8 Å². The Kier molecular flexibility index (Phi) is 7.63. The first-order valence-electron chi connectivity index (χ1n) is 9.29. The minimum atomic E-state index is -0.449. The number of alkyl carbamates (subject to hydrolysis) is 1. The van der Waals surface area contributed by atoms with Crippen molar-refractivity contribution in [1.82, 2.24) is 5.32 Å². The van der Waals surface area contributed by atoms with Gasteiger partial charge in [-0.05, 0) is 76.5 Å². The number of unbranched alkanes of at least 4 members (excludes halogenated alkanes) is 1. The second-order valence-electron chi connectivity index (χ2n) is 7.85. The summed E-state index contributed by atoms with van der Waals surface area (Å²) >= 11 is 1.95. The summed E-state index contributed by atoms with van der Waals surface area (Å²) in [5.74, 6) is 2.19. The maximum atomic E-state index is 11.5. The van der Waals surface area contributed by atoms with Gasteiger partial charge in [0.1, 0.15) is 5.60 Å². The van der Waals surface area contributed by atoms with Crippen LogP contribution in [-0.2, 0) is 4.74 Å². The average molecular weight is 365 g/mol. The molecule has 1 aliphatic carbocycles. The number of nitrogens with one attached hydrogen (secondary N) is 1. The third kappa shape index (κ3) is 8.63. The van der Waals surface area contributed by atoms with Crippen LogP contribution in [0.3, 0.4) is 0 Å². The van der Waals surface area contributed by atoms with Crippen molar-refractivity contribution >= 4 is 17.9 Å². The van der Waals surface area contributed by atoms with Gasteiger partial charge in [0.05, 0.1) is 0 Å². The first-order valence-corrected chi connectivity index (χ1v) is 10.3. The molecule has 1 atom stereocenters. The van der Waals surface area contributed by atoms with Crippen LogP contribution >= 0.6 is 11.8 Å². The van der Waals surface area contributed by atoms with E-state index in [1.807, 2.05) is 32.5 Å². The lowest BCUT2D eigenvalue weighted by atomic mass is 10.0. The summed E-state index contributed by atoms with van der Waals surface area (Å²) in [4.78, 5) is 12.9. The fourth-order valence-corrected chi connectivity index (χ4v) is 3.56. The SMILES string of the molecule is CC(C)(C)OC(=O)NCCCCC(N)c1ccc(SCC2CC2)cc1. The van der Waals surface area contributed by atoms with Gasteiger partial charge in [0.25, 0.3) is 0 Å². The zero-order chi connectivity index (χ0) is 18.3. The number of ether oxygens (including phenoxy) is 1. The van der Waals surface area contributed by atoms with Crippen LogP contribution in [0.4, 0.5) is 4.79 Å². The van der Waals surface area contributed by atoms with E-state index < -0.39 is 5.60 Å². The quantitative estimate of drug-likeness (QED) is 0.484. The minimum Gasteiger partial charge on any atom is -0.444 e. The van der Waals surface area contributed by atoms with Crippen molar-refractivity contribution in [1.29, 1.82) is 0 Å². The van der Waals surface area contributed by atoms with E-state index >= 15 is 0 Å². The van der Waals surface area contributed by atoms with Crippen LogP contribution in [0.1, 0.15) is 64.5 Å². The molecule has 4 nitrogen and oxygen atoms in total. The van der Waals surface area contributed by atoms with Crippen molar-refractivity contribution in [3.8, 4) is 0 Å². The summed E-state index contributed by atoms with van der Waals surface area (Å²) in [5, 5.41) is 2.78. The van der Waals surface area contributed by atoms with Crippen molar-refractivity contribution in [2.24, 2.45) is 11.7 Å². The molecule has 140 valence electrons. The van der Waals surface area contributed by atoms with Crippen molar-refractivity contribution in [2.45, 2.75) is 69.4 Å². The summed E-state index contributed by atoms with van der Waals surface area (Å²) in [6, 6.07) is 8.74. The van der Waals surface area contributed by atoms with E-state index in [-0.39, 0.29) is 12.1 Å². The number of rotatable bonds is 9. The Morgan fingerprint density at radius 3 is 2.56 bits per heavy atom. The Labute approximate surface area is 156 Å². The van der Waals surface area contributed by atoms with Crippen molar-refractivity contribution in [2.75, 3.05) is 12.3 Å². The smallest absolute Gasteiger partial charge is 0.407 e. The molecule has 1 unspecified atom stereocenters. The molecular formula is C20H32N2O2S. The molecule has 1 amide bonds. The first kappa shape index (κ1) is 20.1. The summed E-state index contributed by atoms with van der Waals surface area (Å²) in [7, 11) is 0. The number of benzene rings is 1. The molecule has 0 aliphatic heterocycles. The molecule has 5 heteroatoms. The maximum Gasteiger partial charge on any atom is 0.407 e. The van der Waals surface area contributed by atoms with Crippen LogP contribution in [0.5, 0.6) is 0 Å². The predicted molar refractivity (Wildman–Crippen MR) is 105 cm³/mol. The van der Waals surface area contributed by atoms with Gasteiger partial charge in [-0.3, -0.25) is 0 Å². The number of carbonyl (C=O) groups is 1. The molecular weight excluding hydrogens is 332 g/mol. The van der Waals surface area contributed by atoms with Gasteiger partial charge < -0.3 is 15.8 Å². The number of hydrogen-bond donors (Lipinski definition) is 2. The van der Waals surface area contributed by atoms with Crippen molar-refractivity contribution in [3.05, 3.63) is 29.8 Å². The van der Waals surface area contributed by atoms with Crippen LogP contribution in [-0.4, -0.2) is 24.0 Å². The first-order chi connectivity index (χ1) is 11.8. The number of hydrogen-bond acceptors (Lipinski definition) is 4.